The Kier molecular flexibility index (Phi) is 2.76. The van der Waals surface area contributed by atoms with Crippen LogP contribution in [0.15, 0.2) is 42.6 Å². The molecule has 0 bridgehead atoms. The van der Waals surface area contributed by atoms with Gasteiger partial charge in [-0.25, -0.2) is 0 Å². The van der Waals surface area contributed by atoms with Gasteiger partial charge >= 0.3 is 0 Å². The maximum atomic E-state index is 12.4. The maximum absolute atomic E-state index is 12.4. The number of carbonyl (C=O) groups excluding carboxylic acids is 1. The van der Waals surface area contributed by atoms with Crippen LogP contribution < -0.4 is 0 Å². The van der Waals surface area contributed by atoms with Crippen LogP contribution in [0.3, 0.4) is 0 Å². The minimum absolute atomic E-state index is 0.108. The molecule has 2 heterocycles. The Bertz CT molecular complexity index is 708. The summed E-state index contributed by atoms with van der Waals surface area (Å²) in [5.41, 5.74) is 1.77. The van der Waals surface area contributed by atoms with Crippen molar-refractivity contribution in [1.82, 2.24) is 4.98 Å². The largest absolute Gasteiger partial charge is 0.360 e. The number of hydrogen-bond acceptors (Lipinski definition) is 2. The van der Waals surface area contributed by atoms with Crippen molar-refractivity contribution in [2.45, 2.75) is 13.3 Å². The zero-order valence-electron chi connectivity index (χ0n) is 10.1. The molecule has 2 aromatic heterocycles. The quantitative estimate of drug-likeness (QED) is 0.704. The van der Waals surface area contributed by atoms with E-state index in [9.17, 15) is 4.79 Å². The van der Waals surface area contributed by atoms with Crippen LogP contribution in [0.4, 0.5) is 0 Å². The van der Waals surface area contributed by atoms with Gasteiger partial charge in [0.15, 0.2) is 0 Å². The topological polar surface area (TPSA) is 32.9 Å². The fraction of sp³-hybridized carbons (Fsp3) is 0.133. The van der Waals surface area contributed by atoms with E-state index in [-0.39, 0.29) is 5.78 Å². The van der Waals surface area contributed by atoms with Crippen molar-refractivity contribution < 1.29 is 4.79 Å². The van der Waals surface area contributed by atoms with Gasteiger partial charge in [0, 0.05) is 27.5 Å². The Balaban J connectivity index is 2.06. The van der Waals surface area contributed by atoms with Gasteiger partial charge in [0.25, 0.3) is 0 Å². The number of thiophene rings is 1. The van der Waals surface area contributed by atoms with Crippen LogP contribution in [0.1, 0.15) is 27.0 Å². The summed E-state index contributed by atoms with van der Waals surface area (Å²) in [5, 5.41) is 0.994. The number of fused-ring (bicyclic) bond motifs is 1. The fourth-order valence-electron chi connectivity index (χ4n) is 2.08. The highest BCUT2D eigenvalue weighted by molar-refractivity contribution is 7.14. The number of hydrogen-bond donors (Lipinski definition) is 1. The standard InChI is InChI=1S/C15H13NOS/c1-2-10-7-8-14(18-10)15(17)12-9-16-13-6-4-3-5-11(12)13/h3-9,16H,2H2,1H3. The van der Waals surface area contributed by atoms with Gasteiger partial charge < -0.3 is 4.98 Å². The zero-order chi connectivity index (χ0) is 12.5. The highest BCUT2D eigenvalue weighted by atomic mass is 32.1. The molecule has 0 radical (unpaired) electrons. The molecule has 0 saturated heterocycles. The summed E-state index contributed by atoms with van der Waals surface area (Å²) in [7, 11) is 0. The second-order valence-electron chi connectivity index (χ2n) is 4.20. The SMILES string of the molecule is CCc1ccc(C(=O)c2c[nH]c3ccccc23)s1. The molecule has 3 heteroatoms. The summed E-state index contributed by atoms with van der Waals surface area (Å²) >= 11 is 1.58. The molecule has 3 aromatic rings. The first-order valence-electron chi connectivity index (χ1n) is 5.99. The third kappa shape index (κ3) is 1.77. The summed E-state index contributed by atoms with van der Waals surface area (Å²) < 4.78 is 0. The monoisotopic (exact) mass is 255 g/mol. The molecule has 1 N–H and O–H groups in total. The number of para-hydroxylation sites is 1. The average Bonchev–Trinajstić information content (AvgIpc) is 3.04. The van der Waals surface area contributed by atoms with Crippen LogP contribution in [0.25, 0.3) is 10.9 Å². The van der Waals surface area contributed by atoms with Crippen LogP contribution in [-0.2, 0) is 6.42 Å². The molecule has 0 saturated carbocycles. The second kappa shape index (κ2) is 4.42. The van der Waals surface area contributed by atoms with Crippen LogP contribution in [-0.4, -0.2) is 10.8 Å². The van der Waals surface area contributed by atoms with E-state index < -0.39 is 0 Å². The third-order valence-electron chi connectivity index (χ3n) is 3.07. The summed E-state index contributed by atoms with van der Waals surface area (Å²) in [6.45, 7) is 2.10. The average molecular weight is 255 g/mol. The molecular weight excluding hydrogens is 242 g/mol. The Labute approximate surface area is 109 Å². The van der Waals surface area contributed by atoms with Crippen molar-refractivity contribution in [2.24, 2.45) is 0 Å². The molecule has 0 aliphatic rings. The number of nitrogens with one attached hydrogen (secondary N) is 1. The number of aromatic nitrogens is 1. The van der Waals surface area contributed by atoms with Crippen molar-refractivity contribution in [1.29, 1.82) is 0 Å². The molecule has 90 valence electrons. The Morgan fingerprint density at radius 1 is 1.22 bits per heavy atom. The maximum Gasteiger partial charge on any atom is 0.205 e. The predicted octanol–water partition coefficient (Wildman–Crippen LogP) is 4.02. The molecule has 0 fully saturated rings. The molecule has 2 nitrogen and oxygen atoms in total. The van der Waals surface area contributed by atoms with Gasteiger partial charge in [-0.2, -0.15) is 0 Å². The van der Waals surface area contributed by atoms with Gasteiger partial charge in [0.2, 0.25) is 5.78 Å². The first-order chi connectivity index (χ1) is 8.79. The van der Waals surface area contributed by atoms with E-state index in [4.69, 9.17) is 0 Å². The minimum Gasteiger partial charge on any atom is -0.360 e. The number of benzene rings is 1. The van der Waals surface area contributed by atoms with E-state index in [2.05, 4.69) is 11.9 Å². The van der Waals surface area contributed by atoms with Crippen molar-refractivity contribution in [3.63, 3.8) is 0 Å². The van der Waals surface area contributed by atoms with Gasteiger partial charge in [0.1, 0.15) is 0 Å². The summed E-state index contributed by atoms with van der Waals surface area (Å²) in [6, 6.07) is 11.8. The van der Waals surface area contributed by atoms with Crippen LogP contribution in [0, 0.1) is 0 Å². The van der Waals surface area contributed by atoms with E-state index in [1.165, 1.54) is 4.88 Å². The van der Waals surface area contributed by atoms with Gasteiger partial charge in [-0.1, -0.05) is 25.1 Å². The van der Waals surface area contributed by atoms with E-state index >= 15 is 0 Å². The molecule has 0 spiro atoms. The Morgan fingerprint density at radius 3 is 2.83 bits per heavy atom. The number of ketones is 1. The Morgan fingerprint density at radius 2 is 2.06 bits per heavy atom. The van der Waals surface area contributed by atoms with Crippen LogP contribution in [0.5, 0.6) is 0 Å². The molecule has 18 heavy (non-hydrogen) atoms. The lowest BCUT2D eigenvalue weighted by Gasteiger charge is -1.95. The molecular formula is C15H13NOS. The lowest BCUT2D eigenvalue weighted by molar-refractivity contribution is 0.104. The number of aryl methyl sites for hydroxylation is 1. The molecule has 3 rings (SSSR count). The zero-order valence-corrected chi connectivity index (χ0v) is 10.9. The third-order valence-corrected chi connectivity index (χ3v) is 4.30. The highest BCUT2D eigenvalue weighted by Crippen LogP contribution is 2.24. The molecule has 0 amide bonds. The number of H-pyrrole nitrogens is 1. The van der Waals surface area contributed by atoms with Gasteiger partial charge in [-0.3, -0.25) is 4.79 Å². The first kappa shape index (κ1) is 11.2. The van der Waals surface area contributed by atoms with Crippen LogP contribution in [0.2, 0.25) is 0 Å². The second-order valence-corrected chi connectivity index (χ2v) is 5.36. The van der Waals surface area contributed by atoms with E-state index in [1.54, 1.807) is 17.5 Å². The molecule has 0 atom stereocenters. The van der Waals surface area contributed by atoms with Gasteiger partial charge in [0.05, 0.1) is 4.88 Å². The van der Waals surface area contributed by atoms with Crippen molar-refractivity contribution in [3.8, 4) is 0 Å². The lowest BCUT2D eigenvalue weighted by Crippen LogP contribution is -1.96. The van der Waals surface area contributed by atoms with Crippen molar-refractivity contribution >= 4 is 28.0 Å². The predicted molar refractivity (Wildman–Crippen MR) is 75.4 cm³/mol. The smallest absolute Gasteiger partial charge is 0.205 e. The van der Waals surface area contributed by atoms with E-state index in [0.717, 1.165) is 27.8 Å². The lowest BCUT2D eigenvalue weighted by atomic mass is 10.1. The molecule has 0 aliphatic carbocycles. The summed E-state index contributed by atoms with van der Waals surface area (Å²) in [5.74, 6) is 0.108. The first-order valence-corrected chi connectivity index (χ1v) is 6.80. The number of aromatic amines is 1. The Hall–Kier alpha value is -1.87. The molecule has 0 unspecified atom stereocenters. The molecule has 0 aliphatic heterocycles. The number of carbonyl (C=O) groups is 1. The normalized spacial score (nSPS) is 10.9. The van der Waals surface area contributed by atoms with E-state index in [0.29, 0.717) is 0 Å². The summed E-state index contributed by atoms with van der Waals surface area (Å²) in [4.78, 5) is 17.6. The van der Waals surface area contributed by atoms with Gasteiger partial charge in [-0.05, 0) is 24.6 Å². The fourth-order valence-corrected chi connectivity index (χ4v) is 2.98. The van der Waals surface area contributed by atoms with Gasteiger partial charge in [-0.15, -0.1) is 11.3 Å². The number of rotatable bonds is 3. The van der Waals surface area contributed by atoms with Crippen LogP contribution >= 0.6 is 11.3 Å². The minimum atomic E-state index is 0.108. The van der Waals surface area contributed by atoms with E-state index in [1.807, 2.05) is 36.4 Å². The van der Waals surface area contributed by atoms with Crippen molar-refractivity contribution in [2.75, 3.05) is 0 Å². The molecule has 1 aromatic carbocycles. The highest BCUT2D eigenvalue weighted by Gasteiger charge is 2.15. The summed E-state index contributed by atoms with van der Waals surface area (Å²) in [6.07, 6.45) is 2.78. The van der Waals surface area contributed by atoms with Crippen molar-refractivity contribution in [3.05, 3.63) is 57.9 Å².